The first-order chi connectivity index (χ1) is 12.0. The van der Waals surface area contributed by atoms with Crippen molar-refractivity contribution in [3.63, 3.8) is 0 Å². The van der Waals surface area contributed by atoms with Crippen molar-refractivity contribution in [1.82, 2.24) is 10.2 Å². The van der Waals surface area contributed by atoms with Gasteiger partial charge in [0.05, 0.1) is 18.8 Å². The van der Waals surface area contributed by atoms with E-state index in [1.165, 1.54) is 0 Å². The molecular weight excluding hydrogens is 347 g/mol. The lowest BCUT2D eigenvalue weighted by Gasteiger charge is -2.22. The van der Waals surface area contributed by atoms with E-state index in [0.717, 1.165) is 12.0 Å². The highest BCUT2D eigenvalue weighted by Gasteiger charge is 2.42. The minimum Gasteiger partial charge on any atom is -0.492 e. The molecule has 1 heterocycles. The molecule has 2 amide bonds. The number of carbonyl (C=O) groups excluding carboxylic acids is 2. The van der Waals surface area contributed by atoms with Gasteiger partial charge in [0.25, 0.3) is 5.91 Å². The van der Waals surface area contributed by atoms with E-state index in [9.17, 15) is 14.0 Å². The highest BCUT2D eigenvalue weighted by atomic mass is 35.5. The summed E-state index contributed by atoms with van der Waals surface area (Å²) in [5.41, 5.74) is 1.42. The maximum atomic E-state index is 12.8. The SMILES string of the molecule is CCN(CCNC(=O)[C@@H]1C[C@H]1CF)C(=O)c1cc(Cl)cc2c1OCC2. The van der Waals surface area contributed by atoms with Crippen LogP contribution >= 0.6 is 11.6 Å². The Morgan fingerprint density at radius 2 is 2.24 bits per heavy atom. The molecular formula is C18H22ClFN2O3. The molecule has 1 aromatic rings. The fourth-order valence-corrected chi connectivity index (χ4v) is 3.43. The minimum absolute atomic E-state index is 0.127. The summed E-state index contributed by atoms with van der Waals surface area (Å²) >= 11 is 6.12. The van der Waals surface area contributed by atoms with Crippen molar-refractivity contribution in [3.05, 3.63) is 28.3 Å². The number of nitrogens with zero attached hydrogens (tertiary/aromatic N) is 1. The molecule has 1 aliphatic heterocycles. The molecule has 0 bridgehead atoms. The molecule has 2 aliphatic rings. The third-order valence-corrected chi connectivity index (χ3v) is 5.00. The molecule has 25 heavy (non-hydrogen) atoms. The maximum absolute atomic E-state index is 12.8. The number of nitrogens with one attached hydrogen (secondary N) is 1. The van der Waals surface area contributed by atoms with Gasteiger partial charge in [-0.25, -0.2) is 0 Å². The third kappa shape index (κ3) is 3.89. The van der Waals surface area contributed by atoms with Gasteiger partial charge < -0.3 is 15.0 Å². The molecule has 1 saturated carbocycles. The molecule has 1 fully saturated rings. The Kier molecular flexibility index (Phi) is 5.47. The lowest BCUT2D eigenvalue weighted by molar-refractivity contribution is -0.122. The summed E-state index contributed by atoms with van der Waals surface area (Å²) in [7, 11) is 0. The van der Waals surface area contributed by atoms with Gasteiger partial charge in [0.2, 0.25) is 5.91 Å². The van der Waals surface area contributed by atoms with Crippen molar-refractivity contribution in [2.45, 2.75) is 19.8 Å². The van der Waals surface area contributed by atoms with Crippen LogP contribution in [0.3, 0.4) is 0 Å². The van der Waals surface area contributed by atoms with Crippen molar-refractivity contribution < 1.29 is 18.7 Å². The predicted molar refractivity (Wildman–Crippen MR) is 92.8 cm³/mol. The Morgan fingerprint density at radius 3 is 2.92 bits per heavy atom. The first-order valence-corrected chi connectivity index (χ1v) is 9.01. The number of ether oxygens (including phenoxy) is 1. The van der Waals surface area contributed by atoms with Crippen LogP contribution in [-0.2, 0) is 11.2 Å². The number of benzene rings is 1. The van der Waals surface area contributed by atoms with Crippen molar-refractivity contribution in [2.75, 3.05) is 32.9 Å². The molecule has 1 aromatic carbocycles. The Labute approximate surface area is 151 Å². The average Bonchev–Trinajstić information content (AvgIpc) is 3.26. The van der Waals surface area contributed by atoms with Gasteiger partial charge in [0, 0.05) is 37.0 Å². The van der Waals surface area contributed by atoms with Crippen LogP contribution in [0.25, 0.3) is 0 Å². The van der Waals surface area contributed by atoms with Gasteiger partial charge in [0.15, 0.2) is 0 Å². The van der Waals surface area contributed by atoms with Crippen LogP contribution in [0.4, 0.5) is 4.39 Å². The smallest absolute Gasteiger partial charge is 0.257 e. The fourth-order valence-electron chi connectivity index (χ4n) is 3.19. The normalized spacial score (nSPS) is 20.6. The monoisotopic (exact) mass is 368 g/mol. The zero-order chi connectivity index (χ0) is 18.0. The van der Waals surface area contributed by atoms with Crippen LogP contribution < -0.4 is 10.1 Å². The number of alkyl halides is 1. The zero-order valence-corrected chi connectivity index (χ0v) is 14.9. The van der Waals surface area contributed by atoms with E-state index in [0.29, 0.717) is 49.0 Å². The number of hydrogen-bond donors (Lipinski definition) is 1. The molecule has 0 unspecified atom stereocenters. The summed E-state index contributed by atoms with van der Waals surface area (Å²) in [6.45, 7) is 3.22. The van der Waals surface area contributed by atoms with E-state index < -0.39 is 6.67 Å². The van der Waals surface area contributed by atoms with Gasteiger partial charge in [-0.15, -0.1) is 0 Å². The summed E-state index contributed by atoms with van der Waals surface area (Å²) in [5.74, 6) is -0.0141. The van der Waals surface area contributed by atoms with Crippen molar-refractivity contribution in [1.29, 1.82) is 0 Å². The summed E-state index contributed by atoms with van der Waals surface area (Å²) in [4.78, 5) is 26.3. The van der Waals surface area contributed by atoms with Crippen LogP contribution in [-0.4, -0.2) is 49.6 Å². The number of rotatable bonds is 7. The second kappa shape index (κ2) is 7.60. The summed E-state index contributed by atoms with van der Waals surface area (Å²) in [5, 5.41) is 3.30. The van der Waals surface area contributed by atoms with Crippen LogP contribution in [0, 0.1) is 11.8 Å². The highest BCUT2D eigenvalue weighted by molar-refractivity contribution is 6.31. The van der Waals surface area contributed by atoms with Gasteiger partial charge in [0.1, 0.15) is 5.75 Å². The number of likely N-dealkylation sites (N-methyl/N-ethyl adjacent to an activating group) is 1. The number of carbonyl (C=O) groups is 2. The van der Waals surface area contributed by atoms with Crippen LogP contribution in [0.2, 0.25) is 5.02 Å². The lowest BCUT2D eigenvalue weighted by Crippen LogP contribution is -2.39. The average molecular weight is 369 g/mol. The van der Waals surface area contributed by atoms with Gasteiger partial charge in [-0.05, 0) is 37.0 Å². The van der Waals surface area contributed by atoms with Crippen LogP contribution in [0.5, 0.6) is 5.75 Å². The van der Waals surface area contributed by atoms with E-state index >= 15 is 0 Å². The van der Waals surface area contributed by atoms with Gasteiger partial charge in [-0.2, -0.15) is 0 Å². The summed E-state index contributed by atoms with van der Waals surface area (Å²) < 4.78 is 18.1. The minimum atomic E-state index is -0.447. The first-order valence-electron chi connectivity index (χ1n) is 8.63. The molecule has 0 aromatic heterocycles. The molecule has 1 N–H and O–H groups in total. The zero-order valence-electron chi connectivity index (χ0n) is 14.2. The standard InChI is InChI=1S/C18H22ClFN2O3/c1-2-22(5-4-21-17(23)14-8-12(14)10-20)18(24)15-9-13(19)7-11-3-6-25-16(11)15/h7,9,12,14H,2-6,8,10H2,1H3,(H,21,23)/t12-,14+/m0/s1. The van der Waals surface area contributed by atoms with Crippen molar-refractivity contribution in [2.24, 2.45) is 11.8 Å². The molecule has 3 rings (SSSR count). The van der Waals surface area contributed by atoms with Crippen LogP contribution in [0.1, 0.15) is 29.3 Å². The third-order valence-electron chi connectivity index (χ3n) is 4.79. The maximum Gasteiger partial charge on any atom is 0.257 e. The molecule has 136 valence electrons. The molecule has 0 spiro atoms. The van der Waals surface area contributed by atoms with Crippen LogP contribution in [0.15, 0.2) is 12.1 Å². The van der Waals surface area contributed by atoms with Gasteiger partial charge in [-0.3, -0.25) is 14.0 Å². The van der Waals surface area contributed by atoms with E-state index in [1.807, 2.05) is 13.0 Å². The predicted octanol–water partition coefficient (Wildman–Crippen LogP) is 2.46. The molecule has 5 nitrogen and oxygen atoms in total. The first kappa shape index (κ1) is 18.0. The largest absolute Gasteiger partial charge is 0.492 e. The van der Waals surface area contributed by atoms with Crippen molar-refractivity contribution >= 4 is 23.4 Å². The summed E-state index contributed by atoms with van der Waals surface area (Å²) in [6.07, 6.45) is 1.36. The second-order valence-electron chi connectivity index (χ2n) is 6.47. The van der Waals surface area contributed by atoms with Gasteiger partial charge >= 0.3 is 0 Å². The molecule has 1 aliphatic carbocycles. The molecule has 2 atom stereocenters. The molecule has 0 radical (unpaired) electrons. The number of fused-ring (bicyclic) bond motifs is 1. The van der Waals surface area contributed by atoms with E-state index in [4.69, 9.17) is 16.3 Å². The van der Waals surface area contributed by atoms with E-state index in [-0.39, 0.29) is 23.7 Å². The number of amides is 2. The van der Waals surface area contributed by atoms with E-state index in [2.05, 4.69) is 5.32 Å². The second-order valence-corrected chi connectivity index (χ2v) is 6.91. The number of halogens is 2. The molecule has 7 heteroatoms. The number of hydrogen-bond acceptors (Lipinski definition) is 3. The quantitative estimate of drug-likeness (QED) is 0.804. The van der Waals surface area contributed by atoms with Gasteiger partial charge in [-0.1, -0.05) is 11.6 Å². The highest BCUT2D eigenvalue weighted by Crippen LogP contribution is 2.38. The molecule has 0 saturated heterocycles. The lowest BCUT2D eigenvalue weighted by atomic mass is 10.1. The van der Waals surface area contributed by atoms with E-state index in [1.54, 1.807) is 11.0 Å². The topological polar surface area (TPSA) is 58.6 Å². The Bertz CT molecular complexity index is 683. The Hall–Kier alpha value is -1.82. The Balaban J connectivity index is 1.60. The summed E-state index contributed by atoms with van der Waals surface area (Å²) in [6, 6.07) is 3.46. The Morgan fingerprint density at radius 1 is 1.44 bits per heavy atom. The fraction of sp³-hybridized carbons (Fsp3) is 0.556. The van der Waals surface area contributed by atoms with Crippen molar-refractivity contribution in [3.8, 4) is 5.75 Å².